The van der Waals surface area contributed by atoms with Gasteiger partial charge < -0.3 is 20.1 Å². The normalized spacial score (nSPS) is 11.4. The second kappa shape index (κ2) is 16.1. The summed E-state index contributed by atoms with van der Waals surface area (Å²) < 4.78 is 5.21. The van der Waals surface area contributed by atoms with Gasteiger partial charge in [0.15, 0.2) is 0 Å². The topological polar surface area (TPSA) is 69.9 Å². The molecule has 4 nitrogen and oxygen atoms in total. The smallest absolute Gasteiger partial charge is 0.122 e. The quantitative estimate of drug-likeness (QED) is 0.162. The van der Waals surface area contributed by atoms with Crippen LogP contribution in [0.25, 0.3) is 0 Å². The summed E-state index contributed by atoms with van der Waals surface area (Å²) in [7, 11) is 1.63. The van der Waals surface area contributed by atoms with Gasteiger partial charge in [-0.3, -0.25) is 0 Å². The van der Waals surface area contributed by atoms with E-state index >= 15 is 0 Å². The molecule has 0 radical (unpaired) electrons. The van der Waals surface area contributed by atoms with Crippen molar-refractivity contribution in [3.63, 3.8) is 0 Å². The Bertz CT molecular complexity index is 849. The fourth-order valence-electron chi connectivity index (χ4n) is 4.27. The number of phenols is 3. The molecule has 0 spiro atoms. The first-order valence-corrected chi connectivity index (χ1v) is 13.0. The maximum atomic E-state index is 9.79. The van der Waals surface area contributed by atoms with Crippen molar-refractivity contribution in [2.45, 2.75) is 96.8 Å². The lowest BCUT2D eigenvalue weighted by Gasteiger charge is -2.07. The van der Waals surface area contributed by atoms with Crippen LogP contribution in [0.3, 0.4) is 0 Å². The molecular formula is C30H44O4. The van der Waals surface area contributed by atoms with Crippen LogP contribution in [0.5, 0.6) is 23.0 Å². The van der Waals surface area contributed by atoms with Gasteiger partial charge in [0.1, 0.15) is 23.0 Å². The maximum absolute atomic E-state index is 9.79. The van der Waals surface area contributed by atoms with E-state index in [2.05, 4.69) is 12.2 Å². The van der Waals surface area contributed by atoms with E-state index in [9.17, 15) is 15.3 Å². The number of hydrogen-bond donors (Lipinski definition) is 3. The molecule has 0 aromatic heterocycles. The van der Waals surface area contributed by atoms with Crippen LogP contribution in [0, 0.1) is 6.92 Å². The molecular weight excluding hydrogens is 424 g/mol. The van der Waals surface area contributed by atoms with Gasteiger partial charge in [0, 0.05) is 11.6 Å². The van der Waals surface area contributed by atoms with Crippen LogP contribution in [0.1, 0.15) is 93.7 Å². The summed E-state index contributed by atoms with van der Waals surface area (Å²) in [5.41, 5.74) is 2.71. The van der Waals surface area contributed by atoms with E-state index in [4.69, 9.17) is 4.74 Å². The summed E-state index contributed by atoms with van der Waals surface area (Å²) in [6.45, 7) is 1.73. The first-order valence-electron chi connectivity index (χ1n) is 13.0. The Kier molecular flexibility index (Phi) is 13.1. The third kappa shape index (κ3) is 11.0. The van der Waals surface area contributed by atoms with Gasteiger partial charge in [-0.1, -0.05) is 50.7 Å². The predicted octanol–water partition coefficient (Wildman–Crippen LogP) is 8.14. The Morgan fingerprint density at radius 1 is 0.618 bits per heavy atom. The van der Waals surface area contributed by atoms with Crippen LogP contribution in [-0.4, -0.2) is 22.4 Å². The van der Waals surface area contributed by atoms with E-state index in [-0.39, 0.29) is 17.2 Å². The van der Waals surface area contributed by atoms with E-state index in [0.717, 1.165) is 42.6 Å². The monoisotopic (exact) mass is 468 g/mol. The number of methoxy groups -OCH3 is 1. The van der Waals surface area contributed by atoms with Crippen molar-refractivity contribution >= 4 is 0 Å². The van der Waals surface area contributed by atoms with Crippen molar-refractivity contribution in [3.05, 3.63) is 59.2 Å². The van der Waals surface area contributed by atoms with Crippen LogP contribution in [0.4, 0.5) is 0 Å². The zero-order valence-corrected chi connectivity index (χ0v) is 21.2. The highest BCUT2D eigenvalue weighted by atomic mass is 16.5. The Morgan fingerprint density at radius 3 is 1.62 bits per heavy atom. The molecule has 188 valence electrons. The number of ether oxygens (including phenoxy) is 1. The molecule has 0 bridgehead atoms. The van der Waals surface area contributed by atoms with Crippen LogP contribution in [-0.2, 0) is 12.8 Å². The molecule has 0 saturated carbocycles. The fourth-order valence-corrected chi connectivity index (χ4v) is 4.27. The van der Waals surface area contributed by atoms with Gasteiger partial charge in [0.2, 0.25) is 0 Å². The molecule has 0 aliphatic carbocycles. The molecule has 2 aromatic rings. The number of benzene rings is 2. The lowest BCUT2D eigenvalue weighted by molar-refractivity contribution is 0.406. The number of hydrogen-bond acceptors (Lipinski definition) is 4. The molecule has 0 aliphatic rings. The second-order valence-electron chi connectivity index (χ2n) is 9.38. The minimum absolute atomic E-state index is 0.188. The highest BCUT2D eigenvalue weighted by Gasteiger charge is 2.05. The van der Waals surface area contributed by atoms with E-state index in [1.807, 2.05) is 12.1 Å². The largest absolute Gasteiger partial charge is 0.508 e. The lowest BCUT2D eigenvalue weighted by Crippen LogP contribution is -1.89. The Morgan fingerprint density at radius 2 is 1.09 bits per heavy atom. The Hall–Kier alpha value is -2.62. The zero-order valence-electron chi connectivity index (χ0n) is 21.2. The minimum atomic E-state index is 0.188. The summed E-state index contributed by atoms with van der Waals surface area (Å²) in [4.78, 5) is 0. The minimum Gasteiger partial charge on any atom is -0.508 e. The summed E-state index contributed by atoms with van der Waals surface area (Å²) in [6, 6.07) is 9.03. The number of phenolic OH excluding ortho intramolecular Hbond substituents is 3. The van der Waals surface area contributed by atoms with E-state index in [1.165, 1.54) is 64.2 Å². The summed E-state index contributed by atoms with van der Waals surface area (Å²) in [5, 5.41) is 29.3. The van der Waals surface area contributed by atoms with Gasteiger partial charge in [-0.25, -0.2) is 0 Å². The van der Waals surface area contributed by atoms with E-state index in [0.29, 0.717) is 5.56 Å². The molecule has 3 N–H and O–H groups in total. The predicted molar refractivity (Wildman–Crippen MR) is 141 cm³/mol. The van der Waals surface area contributed by atoms with E-state index in [1.54, 1.807) is 32.2 Å². The number of allylic oxidation sites excluding steroid dienone is 2. The van der Waals surface area contributed by atoms with Gasteiger partial charge in [0.05, 0.1) is 7.11 Å². The molecule has 2 rings (SSSR count). The second-order valence-corrected chi connectivity index (χ2v) is 9.38. The number of aryl methyl sites for hydroxylation is 2. The molecule has 0 unspecified atom stereocenters. The number of rotatable bonds is 17. The maximum Gasteiger partial charge on any atom is 0.122 e. The van der Waals surface area contributed by atoms with Crippen molar-refractivity contribution in [1.82, 2.24) is 0 Å². The molecule has 0 heterocycles. The van der Waals surface area contributed by atoms with Gasteiger partial charge in [-0.2, -0.15) is 0 Å². The average Bonchev–Trinajstić information content (AvgIpc) is 2.81. The third-order valence-electron chi connectivity index (χ3n) is 6.44. The summed E-state index contributed by atoms with van der Waals surface area (Å²) >= 11 is 0. The lowest BCUT2D eigenvalue weighted by atomic mass is 10.0. The van der Waals surface area contributed by atoms with Crippen LogP contribution in [0.2, 0.25) is 0 Å². The molecule has 4 heteroatoms. The summed E-state index contributed by atoms with van der Waals surface area (Å²) in [6.07, 6.45) is 21.2. The standard InChI is InChI=1S/C30H44O4/c1-24-29(32)21-26(22-30(24)33)18-16-14-12-10-8-6-4-3-5-7-9-11-13-15-17-25-19-27(31)23-28(20-25)34-2/h3-4,19-23,31-33H,5-18H2,1-2H3. The third-order valence-corrected chi connectivity index (χ3v) is 6.44. The van der Waals surface area contributed by atoms with Crippen molar-refractivity contribution < 1.29 is 20.1 Å². The first kappa shape index (κ1) is 27.6. The van der Waals surface area contributed by atoms with Gasteiger partial charge >= 0.3 is 0 Å². The molecule has 0 amide bonds. The van der Waals surface area contributed by atoms with Crippen LogP contribution >= 0.6 is 0 Å². The molecule has 0 fully saturated rings. The Labute approximate surface area is 206 Å². The van der Waals surface area contributed by atoms with Gasteiger partial charge in [-0.15, -0.1) is 0 Å². The van der Waals surface area contributed by atoms with Crippen molar-refractivity contribution in [2.75, 3.05) is 7.11 Å². The van der Waals surface area contributed by atoms with Crippen molar-refractivity contribution in [3.8, 4) is 23.0 Å². The molecule has 2 aromatic carbocycles. The Balaban J connectivity index is 1.38. The van der Waals surface area contributed by atoms with Gasteiger partial charge in [0.25, 0.3) is 0 Å². The van der Waals surface area contributed by atoms with Crippen LogP contribution < -0.4 is 4.74 Å². The SMILES string of the molecule is COc1cc(O)cc(CCCCCCCC=CCCCCCCCc2cc(O)c(C)c(O)c2)c1. The van der Waals surface area contributed by atoms with Gasteiger partial charge in [-0.05, 0) is 93.7 Å². The van der Waals surface area contributed by atoms with Crippen LogP contribution in [0.15, 0.2) is 42.5 Å². The highest BCUT2D eigenvalue weighted by molar-refractivity contribution is 5.45. The molecule has 0 atom stereocenters. The summed E-state index contributed by atoms with van der Waals surface area (Å²) in [5.74, 6) is 1.38. The van der Waals surface area contributed by atoms with E-state index < -0.39 is 0 Å². The first-order chi connectivity index (χ1) is 16.5. The molecule has 34 heavy (non-hydrogen) atoms. The number of aromatic hydroxyl groups is 3. The average molecular weight is 469 g/mol. The van der Waals surface area contributed by atoms with Crippen molar-refractivity contribution in [1.29, 1.82) is 0 Å². The molecule has 0 aliphatic heterocycles. The highest BCUT2D eigenvalue weighted by Crippen LogP contribution is 2.28. The number of unbranched alkanes of at least 4 members (excludes halogenated alkanes) is 10. The fraction of sp³-hybridized carbons (Fsp3) is 0.533. The molecule has 0 saturated heterocycles. The zero-order chi connectivity index (χ0) is 24.6. The van der Waals surface area contributed by atoms with Crippen molar-refractivity contribution in [2.24, 2.45) is 0 Å².